The minimum absolute atomic E-state index is 0.0399. The predicted molar refractivity (Wildman–Crippen MR) is 79.3 cm³/mol. The number of aromatic nitrogens is 2. The van der Waals surface area contributed by atoms with E-state index in [1.807, 2.05) is 24.3 Å². The molecule has 0 radical (unpaired) electrons. The summed E-state index contributed by atoms with van der Waals surface area (Å²) in [5, 5.41) is 7.01. The van der Waals surface area contributed by atoms with E-state index in [1.165, 1.54) is 10.2 Å². The number of anilines is 1. The summed E-state index contributed by atoms with van der Waals surface area (Å²) in [7, 11) is 1.71. The third-order valence-corrected chi connectivity index (χ3v) is 3.69. The number of fused-ring (bicyclic) bond motifs is 1. The fraction of sp³-hybridized carbons (Fsp3) is 0.333. The summed E-state index contributed by atoms with van der Waals surface area (Å²) in [6.45, 7) is 2.22. The minimum Gasteiger partial charge on any atom is -0.488 e. The molecule has 21 heavy (non-hydrogen) atoms. The quantitative estimate of drug-likeness (QED) is 0.883. The number of carbonyl (C=O) groups is 1. The van der Waals surface area contributed by atoms with Crippen LogP contribution >= 0.6 is 0 Å². The summed E-state index contributed by atoms with van der Waals surface area (Å²) < 4.78 is 7.29. The Morgan fingerprint density at radius 2 is 2.29 bits per heavy atom. The van der Waals surface area contributed by atoms with E-state index in [4.69, 9.17) is 10.5 Å². The molecule has 1 atom stereocenters. The molecule has 0 saturated heterocycles. The van der Waals surface area contributed by atoms with Crippen LogP contribution in [0, 0.1) is 6.92 Å². The summed E-state index contributed by atoms with van der Waals surface area (Å²) in [6.07, 6.45) is 0.762. The number of ether oxygens (including phenoxy) is 1. The van der Waals surface area contributed by atoms with Crippen LogP contribution in [0.25, 0.3) is 0 Å². The highest BCUT2D eigenvalue weighted by Gasteiger charge is 2.24. The lowest BCUT2D eigenvalue weighted by molar-refractivity contribution is 0.0925. The molecule has 1 aliphatic rings. The number of aryl methyl sites for hydroxylation is 2. The lowest BCUT2D eigenvalue weighted by Gasteiger charge is -2.12. The number of hydrogen-bond acceptors (Lipinski definition) is 4. The van der Waals surface area contributed by atoms with Gasteiger partial charge in [-0.05, 0) is 18.6 Å². The first-order valence-corrected chi connectivity index (χ1v) is 6.88. The van der Waals surface area contributed by atoms with Gasteiger partial charge in [0, 0.05) is 13.5 Å². The predicted octanol–water partition coefficient (Wildman–Crippen LogP) is 1.04. The molecule has 1 aliphatic heterocycles. The van der Waals surface area contributed by atoms with E-state index in [2.05, 4.69) is 10.4 Å². The van der Waals surface area contributed by atoms with E-state index in [1.54, 1.807) is 14.0 Å². The van der Waals surface area contributed by atoms with Gasteiger partial charge >= 0.3 is 0 Å². The van der Waals surface area contributed by atoms with Crippen LogP contribution in [0.4, 0.5) is 5.69 Å². The second-order valence-corrected chi connectivity index (χ2v) is 5.23. The molecular weight excluding hydrogens is 268 g/mol. The van der Waals surface area contributed by atoms with Gasteiger partial charge in [0.1, 0.15) is 17.5 Å². The molecular formula is C15H18N4O2. The van der Waals surface area contributed by atoms with Gasteiger partial charge in [0.15, 0.2) is 0 Å². The number of benzene rings is 1. The van der Waals surface area contributed by atoms with Crippen molar-refractivity contribution >= 4 is 11.6 Å². The summed E-state index contributed by atoms with van der Waals surface area (Å²) >= 11 is 0. The lowest BCUT2D eigenvalue weighted by atomic mass is 10.1. The fourth-order valence-electron chi connectivity index (χ4n) is 2.60. The first-order valence-electron chi connectivity index (χ1n) is 6.88. The molecule has 1 aromatic heterocycles. The van der Waals surface area contributed by atoms with Gasteiger partial charge in [0.25, 0.3) is 5.91 Å². The van der Waals surface area contributed by atoms with Crippen LogP contribution in [0.1, 0.15) is 21.7 Å². The average Bonchev–Trinajstić information content (AvgIpc) is 2.97. The summed E-state index contributed by atoms with van der Waals surface area (Å²) in [5.41, 5.74) is 8.53. The van der Waals surface area contributed by atoms with Crippen LogP contribution in [-0.2, 0) is 13.5 Å². The van der Waals surface area contributed by atoms with Gasteiger partial charge in [-0.25, -0.2) is 0 Å². The van der Waals surface area contributed by atoms with Crippen LogP contribution in [0.3, 0.4) is 0 Å². The maximum Gasteiger partial charge on any atom is 0.271 e. The Morgan fingerprint density at radius 1 is 1.52 bits per heavy atom. The number of nitrogens with two attached hydrogens (primary N) is 1. The normalized spacial score (nSPS) is 16.4. The fourth-order valence-corrected chi connectivity index (χ4v) is 2.60. The minimum atomic E-state index is -0.227. The Bertz CT molecular complexity index is 668. The molecule has 3 N–H and O–H groups in total. The molecule has 0 spiro atoms. The van der Waals surface area contributed by atoms with Gasteiger partial charge in [0.05, 0.1) is 17.9 Å². The number of amides is 1. The zero-order valence-electron chi connectivity index (χ0n) is 12.1. The van der Waals surface area contributed by atoms with Gasteiger partial charge in [0.2, 0.25) is 0 Å². The Morgan fingerprint density at radius 3 is 2.95 bits per heavy atom. The van der Waals surface area contributed by atoms with Gasteiger partial charge in [-0.1, -0.05) is 18.2 Å². The van der Waals surface area contributed by atoms with Crippen molar-refractivity contribution < 1.29 is 9.53 Å². The Hall–Kier alpha value is -2.50. The highest BCUT2D eigenvalue weighted by Crippen LogP contribution is 2.27. The number of rotatable bonds is 3. The van der Waals surface area contributed by atoms with E-state index in [0.717, 1.165) is 12.2 Å². The maximum absolute atomic E-state index is 12.2. The monoisotopic (exact) mass is 286 g/mol. The highest BCUT2D eigenvalue weighted by molar-refractivity contribution is 5.97. The summed E-state index contributed by atoms with van der Waals surface area (Å²) in [4.78, 5) is 12.2. The molecule has 1 aromatic carbocycles. The number of nitrogen functional groups attached to an aromatic ring is 1. The lowest BCUT2D eigenvalue weighted by Crippen LogP contribution is -2.35. The van der Waals surface area contributed by atoms with Crippen molar-refractivity contribution in [2.45, 2.75) is 19.4 Å². The van der Waals surface area contributed by atoms with Crippen LogP contribution < -0.4 is 15.8 Å². The molecule has 6 heteroatoms. The number of carbonyl (C=O) groups excluding carboxylic acids is 1. The third-order valence-electron chi connectivity index (χ3n) is 3.69. The molecule has 0 aliphatic carbocycles. The van der Waals surface area contributed by atoms with E-state index < -0.39 is 0 Å². The van der Waals surface area contributed by atoms with E-state index >= 15 is 0 Å². The molecule has 2 heterocycles. The van der Waals surface area contributed by atoms with Gasteiger partial charge in [-0.15, -0.1) is 0 Å². The second kappa shape index (κ2) is 5.12. The topological polar surface area (TPSA) is 82.2 Å². The van der Waals surface area contributed by atoms with Gasteiger partial charge < -0.3 is 15.8 Å². The van der Waals surface area contributed by atoms with Crippen molar-refractivity contribution in [2.24, 2.45) is 7.05 Å². The van der Waals surface area contributed by atoms with Crippen LogP contribution in [0.15, 0.2) is 24.3 Å². The highest BCUT2D eigenvalue weighted by atomic mass is 16.5. The van der Waals surface area contributed by atoms with Crippen LogP contribution in [0.2, 0.25) is 0 Å². The summed E-state index contributed by atoms with van der Waals surface area (Å²) in [5.74, 6) is 0.669. The smallest absolute Gasteiger partial charge is 0.271 e. The molecule has 110 valence electrons. The molecule has 0 bridgehead atoms. The zero-order chi connectivity index (χ0) is 15.0. The third kappa shape index (κ3) is 2.44. The Balaban J connectivity index is 1.63. The first-order chi connectivity index (χ1) is 10.1. The Kier molecular flexibility index (Phi) is 3.29. The van der Waals surface area contributed by atoms with Crippen molar-refractivity contribution in [1.29, 1.82) is 0 Å². The molecule has 1 unspecified atom stereocenters. The van der Waals surface area contributed by atoms with Crippen molar-refractivity contribution in [1.82, 2.24) is 15.1 Å². The SMILES string of the molecule is Cc1nn(C)c(C(=O)NCC2Cc3ccccc3O2)c1N. The zero-order valence-corrected chi connectivity index (χ0v) is 12.1. The number of hydrogen-bond donors (Lipinski definition) is 2. The van der Waals surface area contributed by atoms with E-state index in [9.17, 15) is 4.79 Å². The number of nitrogens with one attached hydrogen (secondary N) is 1. The average molecular weight is 286 g/mol. The summed E-state index contributed by atoms with van der Waals surface area (Å²) in [6, 6.07) is 7.92. The van der Waals surface area contributed by atoms with Crippen LogP contribution in [-0.4, -0.2) is 28.3 Å². The largest absolute Gasteiger partial charge is 0.488 e. The maximum atomic E-state index is 12.2. The molecule has 3 rings (SSSR count). The molecule has 0 saturated carbocycles. The molecule has 1 amide bonds. The van der Waals surface area contributed by atoms with Crippen molar-refractivity contribution in [3.05, 3.63) is 41.2 Å². The van der Waals surface area contributed by atoms with E-state index in [0.29, 0.717) is 23.6 Å². The van der Waals surface area contributed by atoms with Crippen molar-refractivity contribution in [3.8, 4) is 5.75 Å². The van der Waals surface area contributed by atoms with Gasteiger partial charge in [-0.2, -0.15) is 5.10 Å². The van der Waals surface area contributed by atoms with Crippen LogP contribution in [0.5, 0.6) is 5.75 Å². The van der Waals surface area contributed by atoms with Crippen molar-refractivity contribution in [3.63, 3.8) is 0 Å². The van der Waals surface area contributed by atoms with Gasteiger partial charge in [-0.3, -0.25) is 9.48 Å². The van der Waals surface area contributed by atoms with E-state index in [-0.39, 0.29) is 12.0 Å². The number of para-hydroxylation sites is 1. The molecule has 0 fully saturated rings. The molecule has 2 aromatic rings. The Labute approximate surface area is 122 Å². The molecule has 6 nitrogen and oxygen atoms in total. The second-order valence-electron chi connectivity index (χ2n) is 5.23. The number of nitrogens with zero attached hydrogens (tertiary/aromatic N) is 2. The van der Waals surface area contributed by atoms with Crippen molar-refractivity contribution in [2.75, 3.05) is 12.3 Å². The first kappa shape index (κ1) is 13.5. The standard InChI is InChI=1S/C15H18N4O2/c1-9-13(16)14(19(2)18-9)15(20)17-8-11-7-10-5-3-4-6-12(10)21-11/h3-6,11H,7-8,16H2,1-2H3,(H,17,20).